The lowest BCUT2D eigenvalue weighted by atomic mass is 10.2. The number of ether oxygens (including phenoxy) is 2. The summed E-state index contributed by atoms with van der Waals surface area (Å²) in [5, 5.41) is 8.66. The van der Waals surface area contributed by atoms with Gasteiger partial charge in [-0.15, -0.1) is 0 Å². The van der Waals surface area contributed by atoms with Crippen LogP contribution in [0.2, 0.25) is 0 Å². The number of furan rings is 1. The molecule has 0 saturated carbocycles. The first-order valence-electron chi connectivity index (χ1n) is 6.05. The van der Waals surface area contributed by atoms with E-state index in [-0.39, 0.29) is 19.0 Å². The van der Waals surface area contributed by atoms with E-state index in [1.165, 1.54) is 6.26 Å². The van der Waals surface area contributed by atoms with Gasteiger partial charge in [0.2, 0.25) is 5.76 Å². The summed E-state index contributed by atoms with van der Waals surface area (Å²) in [5.74, 6) is 0.327. The first-order valence-corrected chi connectivity index (χ1v) is 6.05. The number of rotatable bonds is 5. The maximum Gasteiger partial charge on any atom is 0.374 e. The van der Waals surface area contributed by atoms with Gasteiger partial charge in [-0.3, -0.25) is 0 Å². The molecule has 0 aliphatic heterocycles. The molecule has 5 heteroatoms. The van der Waals surface area contributed by atoms with E-state index < -0.39 is 5.97 Å². The number of aryl methyl sites for hydroxylation is 1. The summed E-state index contributed by atoms with van der Waals surface area (Å²) in [4.78, 5) is 11.6. The normalized spacial score (nSPS) is 9.80. The van der Waals surface area contributed by atoms with Crippen molar-refractivity contribution < 1.29 is 18.7 Å². The molecule has 0 radical (unpaired) electrons. The van der Waals surface area contributed by atoms with Crippen molar-refractivity contribution in [3.05, 3.63) is 53.5 Å². The van der Waals surface area contributed by atoms with Crippen LogP contribution in [0.3, 0.4) is 0 Å². The molecule has 2 aromatic rings. The zero-order valence-corrected chi connectivity index (χ0v) is 11.0. The van der Waals surface area contributed by atoms with Crippen molar-refractivity contribution in [2.75, 3.05) is 13.2 Å². The molecule has 1 aromatic carbocycles. The van der Waals surface area contributed by atoms with Gasteiger partial charge in [-0.2, -0.15) is 5.26 Å². The minimum Gasteiger partial charge on any atom is -0.490 e. The van der Waals surface area contributed by atoms with Gasteiger partial charge in [0.05, 0.1) is 17.9 Å². The standard InChI is InChI=1S/C15H13NO4/c1-11-6-7-19-14(11)15(17)20-9-8-18-13-4-2-12(10-16)3-5-13/h2-7H,8-9H2,1H3. The van der Waals surface area contributed by atoms with Gasteiger partial charge < -0.3 is 13.9 Å². The predicted molar refractivity (Wildman–Crippen MR) is 70.4 cm³/mol. The molecule has 102 valence electrons. The van der Waals surface area contributed by atoms with E-state index in [0.29, 0.717) is 11.3 Å². The summed E-state index contributed by atoms with van der Waals surface area (Å²) >= 11 is 0. The Bertz CT molecular complexity index is 622. The third kappa shape index (κ3) is 3.39. The Kier molecular flexibility index (Phi) is 4.40. The molecule has 1 heterocycles. The van der Waals surface area contributed by atoms with Crippen molar-refractivity contribution in [2.45, 2.75) is 6.92 Å². The fraction of sp³-hybridized carbons (Fsp3) is 0.200. The topological polar surface area (TPSA) is 72.5 Å². The first kappa shape index (κ1) is 13.7. The summed E-state index contributed by atoms with van der Waals surface area (Å²) in [6, 6.07) is 10.4. The van der Waals surface area contributed by atoms with Gasteiger partial charge in [-0.05, 0) is 37.3 Å². The van der Waals surface area contributed by atoms with E-state index in [2.05, 4.69) is 0 Å². The molecule has 0 saturated heterocycles. The van der Waals surface area contributed by atoms with E-state index in [1.54, 1.807) is 37.3 Å². The van der Waals surface area contributed by atoms with Crippen molar-refractivity contribution in [3.63, 3.8) is 0 Å². The smallest absolute Gasteiger partial charge is 0.374 e. The maximum absolute atomic E-state index is 11.6. The molecule has 1 aromatic heterocycles. The van der Waals surface area contributed by atoms with Crippen LogP contribution in [-0.2, 0) is 4.74 Å². The molecule has 0 bridgehead atoms. The summed E-state index contributed by atoms with van der Waals surface area (Å²) < 4.78 is 15.4. The lowest BCUT2D eigenvalue weighted by Crippen LogP contribution is -2.12. The van der Waals surface area contributed by atoms with Crippen LogP contribution in [0.5, 0.6) is 5.75 Å². The highest BCUT2D eigenvalue weighted by Gasteiger charge is 2.13. The largest absolute Gasteiger partial charge is 0.490 e. The van der Waals surface area contributed by atoms with Crippen LogP contribution >= 0.6 is 0 Å². The Labute approximate surface area is 116 Å². The summed E-state index contributed by atoms with van der Waals surface area (Å²) in [6.45, 7) is 2.13. The molecule has 0 amide bonds. The molecule has 0 spiro atoms. The predicted octanol–water partition coefficient (Wildman–Crippen LogP) is 2.70. The van der Waals surface area contributed by atoms with Crippen LogP contribution < -0.4 is 4.74 Å². The van der Waals surface area contributed by atoms with Gasteiger partial charge >= 0.3 is 5.97 Å². The molecule has 0 N–H and O–H groups in total. The van der Waals surface area contributed by atoms with Gasteiger partial charge in [-0.25, -0.2) is 4.79 Å². The van der Waals surface area contributed by atoms with Crippen molar-refractivity contribution >= 4 is 5.97 Å². The lowest BCUT2D eigenvalue weighted by molar-refractivity contribution is 0.0414. The van der Waals surface area contributed by atoms with Crippen LogP contribution in [0, 0.1) is 18.3 Å². The third-order valence-corrected chi connectivity index (χ3v) is 2.62. The number of carbonyl (C=O) groups is 1. The molecule has 0 atom stereocenters. The van der Waals surface area contributed by atoms with Crippen molar-refractivity contribution in [1.29, 1.82) is 5.26 Å². The van der Waals surface area contributed by atoms with E-state index in [1.807, 2.05) is 6.07 Å². The van der Waals surface area contributed by atoms with E-state index >= 15 is 0 Å². The van der Waals surface area contributed by atoms with Crippen LogP contribution in [0.15, 0.2) is 41.0 Å². The van der Waals surface area contributed by atoms with Gasteiger partial charge in [0, 0.05) is 5.56 Å². The molecule has 0 unspecified atom stereocenters. The fourth-order valence-corrected chi connectivity index (χ4v) is 1.57. The number of nitrogens with zero attached hydrogens (tertiary/aromatic N) is 1. The zero-order chi connectivity index (χ0) is 14.4. The van der Waals surface area contributed by atoms with Crippen molar-refractivity contribution in [2.24, 2.45) is 0 Å². The highest BCUT2D eigenvalue weighted by atomic mass is 16.6. The second kappa shape index (κ2) is 6.43. The zero-order valence-electron chi connectivity index (χ0n) is 11.0. The minimum atomic E-state index is -0.504. The van der Waals surface area contributed by atoms with E-state index in [9.17, 15) is 4.79 Å². The number of benzene rings is 1. The van der Waals surface area contributed by atoms with Crippen LogP contribution in [-0.4, -0.2) is 19.2 Å². The molecule has 2 rings (SSSR count). The van der Waals surface area contributed by atoms with Crippen LogP contribution in [0.4, 0.5) is 0 Å². The Morgan fingerprint density at radius 1 is 1.25 bits per heavy atom. The van der Waals surface area contributed by atoms with Crippen molar-refractivity contribution in [1.82, 2.24) is 0 Å². The molecule has 20 heavy (non-hydrogen) atoms. The summed E-state index contributed by atoms with van der Waals surface area (Å²) in [6.07, 6.45) is 1.44. The Morgan fingerprint density at radius 2 is 2.00 bits per heavy atom. The highest BCUT2D eigenvalue weighted by molar-refractivity contribution is 5.87. The number of nitriles is 1. The van der Waals surface area contributed by atoms with Gasteiger partial charge in [-0.1, -0.05) is 0 Å². The quantitative estimate of drug-likeness (QED) is 0.617. The number of hydrogen-bond acceptors (Lipinski definition) is 5. The molecule has 5 nitrogen and oxygen atoms in total. The highest BCUT2D eigenvalue weighted by Crippen LogP contribution is 2.12. The molecule has 0 fully saturated rings. The molecule has 0 aliphatic carbocycles. The lowest BCUT2D eigenvalue weighted by Gasteiger charge is -2.06. The maximum atomic E-state index is 11.6. The number of hydrogen-bond donors (Lipinski definition) is 0. The molecular weight excluding hydrogens is 258 g/mol. The number of esters is 1. The van der Waals surface area contributed by atoms with Crippen molar-refractivity contribution in [3.8, 4) is 11.8 Å². The third-order valence-electron chi connectivity index (χ3n) is 2.62. The monoisotopic (exact) mass is 271 g/mol. The Morgan fingerprint density at radius 3 is 2.60 bits per heavy atom. The number of carbonyl (C=O) groups excluding carboxylic acids is 1. The molecular formula is C15H13NO4. The van der Waals surface area contributed by atoms with E-state index in [0.717, 1.165) is 5.56 Å². The van der Waals surface area contributed by atoms with Gasteiger partial charge in [0.25, 0.3) is 0 Å². The summed E-state index contributed by atoms with van der Waals surface area (Å²) in [7, 11) is 0. The average molecular weight is 271 g/mol. The van der Waals surface area contributed by atoms with E-state index in [4.69, 9.17) is 19.2 Å². The molecule has 0 aliphatic rings. The minimum absolute atomic E-state index is 0.124. The van der Waals surface area contributed by atoms with Gasteiger partial charge in [0.15, 0.2) is 0 Å². The van der Waals surface area contributed by atoms with Crippen LogP contribution in [0.1, 0.15) is 21.7 Å². The summed E-state index contributed by atoms with van der Waals surface area (Å²) in [5.41, 5.74) is 1.31. The fourth-order valence-electron chi connectivity index (χ4n) is 1.57. The Hall–Kier alpha value is -2.74. The van der Waals surface area contributed by atoms with Crippen LogP contribution in [0.25, 0.3) is 0 Å². The average Bonchev–Trinajstić information content (AvgIpc) is 2.90. The Balaban J connectivity index is 1.75. The SMILES string of the molecule is Cc1ccoc1C(=O)OCCOc1ccc(C#N)cc1. The first-order chi connectivity index (χ1) is 9.70. The second-order valence-electron chi connectivity index (χ2n) is 4.05. The second-order valence-corrected chi connectivity index (χ2v) is 4.05. The van der Waals surface area contributed by atoms with Gasteiger partial charge in [0.1, 0.15) is 19.0 Å².